The highest BCUT2D eigenvalue weighted by atomic mass is 32.2. The van der Waals surface area contributed by atoms with Gasteiger partial charge in [-0.2, -0.15) is 11.8 Å². The Kier molecular flexibility index (Phi) is 3.65. The zero-order valence-corrected chi connectivity index (χ0v) is 13.2. The minimum atomic E-state index is 0.647. The summed E-state index contributed by atoms with van der Waals surface area (Å²) in [7, 11) is 0. The molecular formula is C16H21N3OS. The van der Waals surface area contributed by atoms with Crippen LogP contribution >= 0.6 is 11.8 Å². The van der Waals surface area contributed by atoms with Crippen molar-refractivity contribution in [3.63, 3.8) is 0 Å². The number of imidazole rings is 1. The summed E-state index contributed by atoms with van der Waals surface area (Å²) in [5, 5.41) is 0.647. The molecule has 2 fully saturated rings. The van der Waals surface area contributed by atoms with Crippen molar-refractivity contribution in [2.24, 2.45) is 0 Å². The first-order valence-electron chi connectivity index (χ1n) is 7.68. The molecule has 2 atom stereocenters. The lowest BCUT2D eigenvalue weighted by Gasteiger charge is -2.43. The SMILES string of the molecule is Cc1cccn2c(CN3CCS[C@@H]4COCC[C@@H]43)cnc12. The molecule has 0 radical (unpaired) electrons. The fourth-order valence-electron chi connectivity index (χ4n) is 3.49. The average Bonchev–Trinajstić information content (AvgIpc) is 2.92. The average molecular weight is 303 g/mol. The van der Waals surface area contributed by atoms with Crippen LogP contribution in [0, 0.1) is 6.92 Å². The number of ether oxygens (including phenoxy) is 1. The third kappa shape index (κ3) is 2.47. The number of nitrogens with zero attached hydrogens (tertiary/aromatic N) is 3. The molecule has 0 N–H and O–H groups in total. The maximum absolute atomic E-state index is 5.64. The lowest BCUT2D eigenvalue weighted by atomic mass is 10.1. The Labute approximate surface area is 129 Å². The molecule has 0 aliphatic carbocycles. The van der Waals surface area contributed by atoms with E-state index in [-0.39, 0.29) is 0 Å². The van der Waals surface area contributed by atoms with E-state index in [9.17, 15) is 0 Å². The predicted molar refractivity (Wildman–Crippen MR) is 85.8 cm³/mol. The Bertz CT molecular complexity index is 639. The number of pyridine rings is 1. The molecule has 0 bridgehead atoms. The third-order valence-corrected chi connectivity index (χ3v) is 5.92. The highest BCUT2D eigenvalue weighted by molar-refractivity contribution is 8.00. The van der Waals surface area contributed by atoms with Gasteiger partial charge in [-0.05, 0) is 25.0 Å². The van der Waals surface area contributed by atoms with E-state index in [1.165, 1.54) is 23.6 Å². The molecule has 21 heavy (non-hydrogen) atoms. The fourth-order valence-corrected chi connectivity index (χ4v) is 4.85. The van der Waals surface area contributed by atoms with Crippen molar-refractivity contribution in [1.82, 2.24) is 14.3 Å². The number of rotatable bonds is 2. The fraction of sp³-hybridized carbons (Fsp3) is 0.562. The number of thioether (sulfide) groups is 1. The molecule has 112 valence electrons. The van der Waals surface area contributed by atoms with Gasteiger partial charge >= 0.3 is 0 Å². The topological polar surface area (TPSA) is 29.8 Å². The van der Waals surface area contributed by atoms with Crippen LogP contribution in [0.1, 0.15) is 17.7 Å². The largest absolute Gasteiger partial charge is 0.380 e. The van der Waals surface area contributed by atoms with Crippen molar-refractivity contribution in [3.8, 4) is 0 Å². The van der Waals surface area contributed by atoms with Gasteiger partial charge in [-0.3, -0.25) is 4.90 Å². The van der Waals surface area contributed by atoms with Crippen LogP contribution in [0.15, 0.2) is 24.5 Å². The number of hydrogen-bond acceptors (Lipinski definition) is 4. The van der Waals surface area contributed by atoms with Gasteiger partial charge in [-0.25, -0.2) is 4.98 Å². The van der Waals surface area contributed by atoms with E-state index < -0.39 is 0 Å². The molecule has 0 unspecified atom stereocenters. The van der Waals surface area contributed by atoms with Gasteiger partial charge in [0.1, 0.15) is 5.65 Å². The molecule has 2 saturated heterocycles. The quantitative estimate of drug-likeness (QED) is 0.852. The minimum absolute atomic E-state index is 0.647. The van der Waals surface area contributed by atoms with Crippen LogP contribution in [0.4, 0.5) is 0 Å². The van der Waals surface area contributed by atoms with E-state index in [0.717, 1.165) is 31.8 Å². The molecule has 2 aromatic heterocycles. The predicted octanol–water partition coefficient (Wildman–Crippen LogP) is 2.35. The van der Waals surface area contributed by atoms with Crippen molar-refractivity contribution in [2.45, 2.75) is 31.2 Å². The Morgan fingerprint density at radius 1 is 1.48 bits per heavy atom. The molecule has 0 amide bonds. The number of aryl methyl sites for hydroxylation is 1. The second kappa shape index (κ2) is 5.63. The minimum Gasteiger partial charge on any atom is -0.380 e. The second-order valence-corrected chi connectivity index (χ2v) is 7.29. The summed E-state index contributed by atoms with van der Waals surface area (Å²) in [5.74, 6) is 1.21. The Morgan fingerprint density at radius 2 is 2.43 bits per heavy atom. The summed E-state index contributed by atoms with van der Waals surface area (Å²) < 4.78 is 7.88. The standard InChI is InChI=1S/C16H21N3OS/c1-12-3-2-5-19-13(9-17-16(12)19)10-18-6-8-21-15-11-20-7-4-14(15)18/h2-3,5,9,14-15H,4,6-8,10-11H2,1H3/t14-,15+/m0/s1. The van der Waals surface area contributed by atoms with Gasteiger partial charge in [-0.1, -0.05) is 6.07 Å². The summed E-state index contributed by atoms with van der Waals surface area (Å²) >= 11 is 2.08. The van der Waals surface area contributed by atoms with Crippen molar-refractivity contribution >= 4 is 17.4 Å². The van der Waals surface area contributed by atoms with Crippen LogP contribution in [0.25, 0.3) is 5.65 Å². The Hall–Kier alpha value is -1.04. The van der Waals surface area contributed by atoms with Gasteiger partial charge < -0.3 is 9.14 Å². The van der Waals surface area contributed by atoms with E-state index in [2.05, 4.69) is 51.3 Å². The molecule has 4 rings (SSSR count). The van der Waals surface area contributed by atoms with E-state index in [0.29, 0.717) is 11.3 Å². The number of aromatic nitrogens is 2. The molecular weight excluding hydrogens is 282 g/mol. The first-order valence-corrected chi connectivity index (χ1v) is 8.73. The van der Waals surface area contributed by atoms with Gasteiger partial charge in [0.2, 0.25) is 0 Å². The highest BCUT2D eigenvalue weighted by Gasteiger charge is 2.34. The van der Waals surface area contributed by atoms with Crippen LogP contribution in [0.2, 0.25) is 0 Å². The molecule has 0 spiro atoms. The summed E-state index contributed by atoms with van der Waals surface area (Å²) in [4.78, 5) is 7.23. The van der Waals surface area contributed by atoms with E-state index in [1.54, 1.807) is 0 Å². The first kappa shape index (κ1) is 13.6. The van der Waals surface area contributed by atoms with Crippen molar-refractivity contribution in [1.29, 1.82) is 0 Å². The molecule has 2 aromatic rings. The van der Waals surface area contributed by atoms with Gasteiger partial charge in [0, 0.05) is 42.9 Å². The molecule has 0 aromatic carbocycles. The van der Waals surface area contributed by atoms with E-state index in [4.69, 9.17) is 4.74 Å². The van der Waals surface area contributed by atoms with Gasteiger partial charge in [0.15, 0.2) is 0 Å². The van der Waals surface area contributed by atoms with E-state index >= 15 is 0 Å². The molecule has 4 heterocycles. The summed E-state index contributed by atoms with van der Waals surface area (Å²) in [6.07, 6.45) is 5.33. The summed E-state index contributed by atoms with van der Waals surface area (Å²) in [6, 6.07) is 4.89. The van der Waals surface area contributed by atoms with Gasteiger partial charge in [0.05, 0.1) is 18.5 Å². The smallest absolute Gasteiger partial charge is 0.139 e. The number of hydrogen-bond donors (Lipinski definition) is 0. The van der Waals surface area contributed by atoms with Crippen LogP contribution in [0.5, 0.6) is 0 Å². The van der Waals surface area contributed by atoms with Crippen LogP contribution < -0.4 is 0 Å². The lowest BCUT2D eigenvalue weighted by molar-refractivity contribution is 0.0346. The number of fused-ring (bicyclic) bond motifs is 2. The summed E-state index contributed by atoms with van der Waals surface area (Å²) in [6.45, 7) is 6.11. The zero-order chi connectivity index (χ0) is 14.2. The molecule has 4 nitrogen and oxygen atoms in total. The van der Waals surface area contributed by atoms with Crippen molar-refractivity contribution in [3.05, 3.63) is 35.8 Å². The first-order chi connectivity index (χ1) is 10.3. The van der Waals surface area contributed by atoms with Gasteiger partial charge in [0.25, 0.3) is 0 Å². The zero-order valence-electron chi connectivity index (χ0n) is 12.4. The Morgan fingerprint density at radius 3 is 3.38 bits per heavy atom. The molecule has 2 aliphatic rings. The molecule has 0 saturated carbocycles. The van der Waals surface area contributed by atoms with Crippen molar-refractivity contribution < 1.29 is 4.74 Å². The molecule has 5 heteroatoms. The van der Waals surface area contributed by atoms with Gasteiger partial charge in [-0.15, -0.1) is 0 Å². The maximum atomic E-state index is 5.64. The third-order valence-electron chi connectivity index (χ3n) is 4.62. The normalized spacial score (nSPS) is 26.9. The second-order valence-electron chi connectivity index (χ2n) is 5.95. The maximum Gasteiger partial charge on any atom is 0.139 e. The van der Waals surface area contributed by atoms with Crippen LogP contribution in [-0.4, -0.2) is 51.1 Å². The highest BCUT2D eigenvalue weighted by Crippen LogP contribution is 2.31. The van der Waals surface area contributed by atoms with E-state index in [1.807, 2.05) is 6.20 Å². The van der Waals surface area contributed by atoms with Crippen molar-refractivity contribution in [2.75, 3.05) is 25.5 Å². The lowest BCUT2D eigenvalue weighted by Crippen LogP contribution is -2.51. The van der Waals surface area contributed by atoms with Crippen LogP contribution in [0.3, 0.4) is 0 Å². The monoisotopic (exact) mass is 303 g/mol. The molecule has 2 aliphatic heterocycles. The Balaban J connectivity index is 1.60. The summed E-state index contributed by atoms with van der Waals surface area (Å²) in [5.41, 5.74) is 3.62. The van der Waals surface area contributed by atoms with Crippen LogP contribution in [-0.2, 0) is 11.3 Å².